The summed E-state index contributed by atoms with van der Waals surface area (Å²) in [6.07, 6.45) is 2.70. The van der Waals surface area contributed by atoms with E-state index in [1.807, 2.05) is 56.3 Å². The lowest BCUT2D eigenvalue weighted by molar-refractivity contribution is -0.131. The molecule has 0 heterocycles. The SMILES string of the molecule is Cc1ccc(Oc2ccc(C=CC(=O)O)c(C)c2)cc1. The Morgan fingerprint density at radius 2 is 1.70 bits per heavy atom. The standard InChI is InChI=1S/C17H16O3/c1-12-3-7-15(8-4-12)20-16-9-5-14(13(2)11-16)6-10-17(18)19/h3-11H,1-2H3,(H,18,19). The number of aliphatic carboxylic acids is 1. The molecule has 0 aliphatic rings. The van der Waals surface area contributed by atoms with Gasteiger partial charge >= 0.3 is 5.97 Å². The quantitative estimate of drug-likeness (QED) is 0.845. The predicted octanol–water partition coefficient (Wildman–Crippen LogP) is 4.19. The molecule has 0 saturated heterocycles. The van der Waals surface area contributed by atoms with Gasteiger partial charge in [0.2, 0.25) is 0 Å². The first kappa shape index (κ1) is 13.9. The van der Waals surface area contributed by atoms with Crippen molar-refractivity contribution >= 4 is 12.0 Å². The Morgan fingerprint density at radius 1 is 1.05 bits per heavy atom. The normalized spacial score (nSPS) is 10.7. The number of hydrogen-bond acceptors (Lipinski definition) is 2. The molecule has 3 heteroatoms. The summed E-state index contributed by atoms with van der Waals surface area (Å²) in [4.78, 5) is 10.5. The Bertz CT molecular complexity index is 640. The van der Waals surface area contributed by atoms with E-state index in [-0.39, 0.29) is 0 Å². The van der Waals surface area contributed by atoms with E-state index in [1.165, 1.54) is 5.56 Å². The van der Waals surface area contributed by atoms with E-state index in [0.29, 0.717) is 0 Å². The van der Waals surface area contributed by atoms with Gasteiger partial charge in [0, 0.05) is 6.08 Å². The van der Waals surface area contributed by atoms with Crippen LogP contribution in [-0.2, 0) is 4.79 Å². The zero-order chi connectivity index (χ0) is 14.5. The number of benzene rings is 2. The molecule has 0 saturated carbocycles. The molecule has 0 bridgehead atoms. The van der Waals surface area contributed by atoms with Gasteiger partial charge in [0.15, 0.2) is 0 Å². The summed E-state index contributed by atoms with van der Waals surface area (Å²) in [6, 6.07) is 13.4. The van der Waals surface area contributed by atoms with Crippen molar-refractivity contribution < 1.29 is 14.6 Å². The first-order valence-electron chi connectivity index (χ1n) is 6.31. The van der Waals surface area contributed by atoms with Gasteiger partial charge in [-0.25, -0.2) is 4.79 Å². The first-order chi connectivity index (χ1) is 9.54. The number of ether oxygens (including phenoxy) is 1. The predicted molar refractivity (Wildman–Crippen MR) is 79.1 cm³/mol. The zero-order valence-electron chi connectivity index (χ0n) is 11.5. The third kappa shape index (κ3) is 3.72. The molecule has 0 aliphatic heterocycles. The molecule has 2 aromatic rings. The molecule has 2 aromatic carbocycles. The molecule has 0 aliphatic carbocycles. The third-order valence-corrected chi connectivity index (χ3v) is 2.90. The van der Waals surface area contributed by atoms with E-state index >= 15 is 0 Å². The van der Waals surface area contributed by atoms with Gasteiger partial charge in [-0.2, -0.15) is 0 Å². The van der Waals surface area contributed by atoms with Crippen LogP contribution in [0.5, 0.6) is 11.5 Å². The second-order valence-electron chi connectivity index (χ2n) is 4.61. The molecule has 0 radical (unpaired) electrons. The van der Waals surface area contributed by atoms with Gasteiger partial charge in [0.05, 0.1) is 0 Å². The van der Waals surface area contributed by atoms with Crippen molar-refractivity contribution in [3.05, 3.63) is 65.2 Å². The Morgan fingerprint density at radius 3 is 2.30 bits per heavy atom. The maximum Gasteiger partial charge on any atom is 0.328 e. The number of aryl methyl sites for hydroxylation is 2. The van der Waals surface area contributed by atoms with Crippen molar-refractivity contribution in [3.8, 4) is 11.5 Å². The van der Waals surface area contributed by atoms with Crippen LogP contribution in [0.2, 0.25) is 0 Å². The van der Waals surface area contributed by atoms with Crippen LogP contribution in [0.3, 0.4) is 0 Å². The number of carbonyl (C=O) groups is 1. The van der Waals surface area contributed by atoms with Crippen LogP contribution in [0.25, 0.3) is 6.08 Å². The fourth-order valence-electron chi connectivity index (χ4n) is 1.80. The molecule has 2 rings (SSSR count). The van der Waals surface area contributed by atoms with Crippen molar-refractivity contribution in [3.63, 3.8) is 0 Å². The van der Waals surface area contributed by atoms with Crippen molar-refractivity contribution in [1.82, 2.24) is 0 Å². The second-order valence-corrected chi connectivity index (χ2v) is 4.61. The van der Waals surface area contributed by atoms with E-state index in [0.717, 1.165) is 28.7 Å². The molecule has 20 heavy (non-hydrogen) atoms. The third-order valence-electron chi connectivity index (χ3n) is 2.90. The van der Waals surface area contributed by atoms with Gasteiger partial charge in [-0.3, -0.25) is 0 Å². The molecule has 3 nitrogen and oxygen atoms in total. The minimum atomic E-state index is -0.954. The first-order valence-corrected chi connectivity index (χ1v) is 6.31. The van der Waals surface area contributed by atoms with Crippen LogP contribution < -0.4 is 4.74 Å². The average molecular weight is 268 g/mol. The molecule has 0 fully saturated rings. The maximum absolute atomic E-state index is 10.5. The molecule has 102 valence electrons. The molecule has 0 atom stereocenters. The molecular weight excluding hydrogens is 252 g/mol. The van der Waals surface area contributed by atoms with Gasteiger partial charge in [-0.15, -0.1) is 0 Å². The lowest BCUT2D eigenvalue weighted by atomic mass is 10.1. The molecule has 0 spiro atoms. The molecule has 0 aromatic heterocycles. The molecule has 0 amide bonds. The number of rotatable bonds is 4. The summed E-state index contributed by atoms with van der Waals surface area (Å²) in [7, 11) is 0. The fourth-order valence-corrected chi connectivity index (χ4v) is 1.80. The largest absolute Gasteiger partial charge is 0.478 e. The van der Waals surface area contributed by atoms with Crippen LogP contribution in [-0.4, -0.2) is 11.1 Å². The lowest BCUT2D eigenvalue weighted by Gasteiger charge is -2.08. The average Bonchev–Trinajstić information content (AvgIpc) is 2.40. The van der Waals surface area contributed by atoms with Gasteiger partial charge in [-0.05, 0) is 55.3 Å². The summed E-state index contributed by atoms with van der Waals surface area (Å²) in [5.74, 6) is 0.562. The number of carboxylic acids is 1. The van der Waals surface area contributed by atoms with E-state index in [4.69, 9.17) is 9.84 Å². The van der Waals surface area contributed by atoms with Crippen LogP contribution in [0.1, 0.15) is 16.7 Å². The van der Waals surface area contributed by atoms with Gasteiger partial charge in [-0.1, -0.05) is 23.8 Å². The Balaban J connectivity index is 2.16. The van der Waals surface area contributed by atoms with Crippen LogP contribution >= 0.6 is 0 Å². The highest BCUT2D eigenvalue weighted by molar-refractivity contribution is 5.85. The highest BCUT2D eigenvalue weighted by atomic mass is 16.5. The summed E-state index contributed by atoms with van der Waals surface area (Å²) in [5.41, 5.74) is 3.01. The molecule has 1 N–H and O–H groups in total. The van der Waals surface area contributed by atoms with Crippen LogP contribution in [0, 0.1) is 13.8 Å². The Kier molecular flexibility index (Phi) is 4.20. The minimum absolute atomic E-state index is 0.735. The Hall–Kier alpha value is -2.55. The summed E-state index contributed by atoms with van der Waals surface area (Å²) >= 11 is 0. The number of carboxylic acid groups (broad SMARTS) is 1. The topological polar surface area (TPSA) is 46.5 Å². The highest BCUT2D eigenvalue weighted by Gasteiger charge is 2.01. The van der Waals surface area contributed by atoms with Crippen molar-refractivity contribution in [1.29, 1.82) is 0 Å². The molecule has 0 unspecified atom stereocenters. The lowest BCUT2D eigenvalue weighted by Crippen LogP contribution is -1.89. The van der Waals surface area contributed by atoms with Crippen molar-refractivity contribution in [2.75, 3.05) is 0 Å². The monoisotopic (exact) mass is 268 g/mol. The van der Waals surface area contributed by atoms with Crippen LogP contribution in [0.15, 0.2) is 48.5 Å². The van der Waals surface area contributed by atoms with Gasteiger partial charge in [0.25, 0.3) is 0 Å². The van der Waals surface area contributed by atoms with Gasteiger partial charge in [0.1, 0.15) is 11.5 Å². The summed E-state index contributed by atoms with van der Waals surface area (Å²) in [5, 5.41) is 8.63. The highest BCUT2D eigenvalue weighted by Crippen LogP contribution is 2.24. The minimum Gasteiger partial charge on any atom is -0.478 e. The molecular formula is C17H16O3. The Labute approximate surface area is 118 Å². The fraction of sp³-hybridized carbons (Fsp3) is 0.118. The van der Waals surface area contributed by atoms with Crippen molar-refractivity contribution in [2.24, 2.45) is 0 Å². The van der Waals surface area contributed by atoms with E-state index in [1.54, 1.807) is 6.08 Å². The summed E-state index contributed by atoms with van der Waals surface area (Å²) in [6.45, 7) is 3.95. The van der Waals surface area contributed by atoms with E-state index < -0.39 is 5.97 Å². The van der Waals surface area contributed by atoms with Crippen molar-refractivity contribution in [2.45, 2.75) is 13.8 Å². The summed E-state index contributed by atoms with van der Waals surface area (Å²) < 4.78 is 5.75. The van der Waals surface area contributed by atoms with E-state index in [9.17, 15) is 4.79 Å². The smallest absolute Gasteiger partial charge is 0.328 e. The zero-order valence-corrected chi connectivity index (χ0v) is 11.5. The second kappa shape index (κ2) is 6.06. The van der Waals surface area contributed by atoms with Crippen LogP contribution in [0.4, 0.5) is 0 Å². The maximum atomic E-state index is 10.5. The van der Waals surface area contributed by atoms with Gasteiger partial charge < -0.3 is 9.84 Å². The van der Waals surface area contributed by atoms with E-state index in [2.05, 4.69) is 0 Å². The number of hydrogen-bond donors (Lipinski definition) is 1.